The van der Waals surface area contributed by atoms with Crippen LogP contribution in [0.5, 0.6) is 0 Å². The summed E-state index contributed by atoms with van der Waals surface area (Å²) in [5.41, 5.74) is 6.18. The summed E-state index contributed by atoms with van der Waals surface area (Å²) in [5.74, 6) is -0.497. The monoisotopic (exact) mass is 321 g/mol. The van der Waals surface area contributed by atoms with Crippen LogP contribution in [0.2, 0.25) is 0 Å². The molecule has 2 aromatic rings. The predicted molar refractivity (Wildman–Crippen MR) is 83.4 cm³/mol. The molecule has 0 bridgehead atoms. The largest absolute Gasteiger partial charge is 0.444 e. The molecule has 2 heterocycles. The fourth-order valence-electron chi connectivity index (χ4n) is 2.68. The molecule has 2 N–H and O–H groups in total. The van der Waals surface area contributed by atoms with Crippen LogP contribution >= 0.6 is 0 Å². The molecule has 3 rings (SSSR count). The van der Waals surface area contributed by atoms with E-state index in [9.17, 15) is 9.18 Å². The number of benzene rings is 1. The van der Waals surface area contributed by atoms with Crippen molar-refractivity contribution in [2.24, 2.45) is 0 Å². The third kappa shape index (κ3) is 3.06. The maximum atomic E-state index is 13.7. The number of likely N-dealkylation sites (tertiary alicyclic amines) is 1. The summed E-state index contributed by atoms with van der Waals surface area (Å²) in [6, 6.07) is 2.74. The summed E-state index contributed by atoms with van der Waals surface area (Å²) < 4.78 is 20.7. The molecular formula is C15H20FN5O2. The van der Waals surface area contributed by atoms with Crippen LogP contribution in [0.3, 0.4) is 0 Å². The number of amides is 1. The van der Waals surface area contributed by atoms with E-state index in [1.54, 1.807) is 9.58 Å². The standard InChI is InChI=1S/C15H20FN5O2/c1-15(2,3)23-14(22)20-5-4-9(8-20)21-13-6-10(16)11(17)7-12(13)18-19-21/h6-7,9H,4-5,8,17H2,1-3H3. The van der Waals surface area contributed by atoms with Gasteiger partial charge in [0, 0.05) is 19.2 Å². The maximum Gasteiger partial charge on any atom is 0.410 e. The van der Waals surface area contributed by atoms with E-state index in [-0.39, 0.29) is 17.8 Å². The van der Waals surface area contributed by atoms with Gasteiger partial charge in [-0.15, -0.1) is 5.10 Å². The SMILES string of the molecule is CC(C)(C)OC(=O)N1CCC(n2nnc3cc(N)c(F)cc32)C1. The average Bonchev–Trinajstić information content (AvgIpc) is 3.04. The minimum absolute atomic E-state index is 0.0475. The maximum absolute atomic E-state index is 13.7. The molecular weight excluding hydrogens is 301 g/mol. The van der Waals surface area contributed by atoms with Crippen LogP contribution in [0, 0.1) is 5.82 Å². The molecule has 8 heteroatoms. The van der Waals surface area contributed by atoms with Crippen molar-refractivity contribution in [1.29, 1.82) is 0 Å². The number of hydrogen-bond donors (Lipinski definition) is 1. The first kappa shape index (κ1) is 15.5. The number of nitrogen functional groups attached to an aromatic ring is 1. The van der Waals surface area contributed by atoms with E-state index in [4.69, 9.17) is 10.5 Å². The van der Waals surface area contributed by atoms with Crippen molar-refractivity contribution in [3.05, 3.63) is 17.9 Å². The number of anilines is 1. The normalized spacial score (nSPS) is 18.6. The van der Waals surface area contributed by atoms with E-state index in [0.717, 1.165) is 0 Å². The number of ether oxygens (including phenoxy) is 1. The van der Waals surface area contributed by atoms with Crippen LogP contribution in [-0.4, -0.2) is 44.7 Å². The van der Waals surface area contributed by atoms with Gasteiger partial charge in [0.25, 0.3) is 0 Å². The lowest BCUT2D eigenvalue weighted by Gasteiger charge is -2.24. The number of aromatic nitrogens is 3. The van der Waals surface area contributed by atoms with Crippen molar-refractivity contribution in [2.75, 3.05) is 18.8 Å². The molecule has 1 unspecified atom stereocenters. The molecule has 23 heavy (non-hydrogen) atoms. The Morgan fingerprint density at radius 3 is 2.87 bits per heavy atom. The summed E-state index contributed by atoms with van der Waals surface area (Å²) in [7, 11) is 0. The minimum Gasteiger partial charge on any atom is -0.444 e. The van der Waals surface area contributed by atoms with Crippen LogP contribution in [-0.2, 0) is 4.74 Å². The van der Waals surface area contributed by atoms with Crippen LogP contribution in [0.25, 0.3) is 11.0 Å². The van der Waals surface area contributed by atoms with Crippen LogP contribution in [0.15, 0.2) is 12.1 Å². The topological polar surface area (TPSA) is 86.3 Å². The molecule has 1 fully saturated rings. The second kappa shape index (κ2) is 5.36. The summed E-state index contributed by atoms with van der Waals surface area (Å²) >= 11 is 0. The number of nitrogens with two attached hydrogens (primary N) is 1. The Morgan fingerprint density at radius 1 is 1.43 bits per heavy atom. The highest BCUT2D eigenvalue weighted by atomic mass is 19.1. The zero-order chi connectivity index (χ0) is 16.8. The lowest BCUT2D eigenvalue weighted by Crippen LogP contribution is -2.35. The molecule has 0 aliphatic carbocycles. The number of carbonyl (C=O) groups excluding carboxylic acids is 1. The number of halogens is 1. The molecule has 1 atom stereocenters. The van der Waals surface area contributed by atoms with Gasteiger partial charge in [0.15, 0.2) is 0 Å². The summed E-state index contributed by atoms with van der Waals surface area (Å²) in [6.45, 7) is 6.52. The summed E-state index contributed by atoms with van der Waals surface area (Å²) in [4.78, 5) is 13.8. The highest BCUT2D eigenvalue weighted by Gasteiger charge is 2.32. The molecule has 124 valence electrons. The fraction of sp³-hybridized carbons (Fsp3) is 0.533. The van der Waals surface area contributed by atoms with Gasteiger partial charge >= 0.3 is 6.09 Å². The van der Waals surface area contributed by atoms with Crippen molar-refractivity contribution in [3.63, 3.8) is 0 Å². The highest BCUT2D eigenvalue weighted by molar-refractivity contribution is 5.78. The quantitative estimate of drug-likeness (QED) is 0.815. The number of carbonyl (C=O) groups is 1. The smallest absolute Gasteiger partial charge is 0.410 e. The zero-order valence-electron chi connectivity index (χ0n) is 13.4. The van der Waals surface area contributed by atoms with Gasteiger partial charge in [-0.3, -0.25) is 0 Å². The average molecular weight is 321 g/mol. The molecule has 1 aliphatic heterocycles. The third-order valence-electron chi connectivity index (χ3n) is 3.75. The first-order valence-corrected chi connectivity index (χ1v) is 7.52. The first-order chi connectivity index (χ1) is 10.7. The van der Waals surface area contributed by atoms with E-state index in [2.05, 4.69) is 10.3 Å². The van der Waals surface area contributed by atoms with Gasteiger partial charge in [-0.25, -0.2) is 13.9 Å². The Balaban J connectivity index is 1.79. The Morgan fingerprint density at radius 2 is 2.17 bits per heavy atom. The van der Waals surface area contributed by atoms with E-state index >= 15 is 0 Å². The first-order valence-electron chi connectivity index (χ1n) is 7.52. The molecule has 1 amide bonds. The Labute approximate surface area is 133 Å². The molecule has 1 aliphatic rings. The van der Waals surface area contributed by atoms with Crippen LogP contribution in [0.1, 0.15) is 33.2 Å². The van der Waals surface area contributed by atoms with Crippen LogP contribution in [0.4, 0.5) is 14.9 Å². The molecule has 0 saturated carbocycles. The number of nitrogens with zero attached hydrogens (tertiary/aromatic N) is 4. The molecule has 0 radical (unpaired) electrons. The third-order valence-corrected chi connectivity index (χ3v) is 3.75. The lowest BCUT2D eigenvalue weighted by atomic mass is 10.2. The van der Waals surface area contributed by atoms with Crippen LogP contribution < -0.4 is 5.73 Å². The van der Waals surface area contributed by atoms with E-state index in [1.165, 1.54) is 12.1 Å². The summed E-state index contributed by atoms with van der Waals surface area (Å²) in [5, 5.41) is 8.12. The lowest BCUT2D eigenvalue weighted by molar-refractivity contribution is 0.0288. The van der Waals surface area contributed by atoms with Gasteiger partial charge in [-0.2, -0.15) is 0 Å². The van der Waals surface area contributed by atoms with Crippen molar-refractivity contribution in [1.82, 2.24) is 19.9 Å². The molecule has 0 spiro atoms. The summed E-state index contributed by atoms with van der Waals surface area (Å²) in [6.07, 6.45) is 0.365. The van der Waals surface area contributed by atoms with Gasteiger partial charge in [0.1, 0.15) is 16.9 Å². The van der Waals surface area contributed by atoms with E-state index in [1.807, 2.05) is 20.8 Å². The zero-order valence-corrected chi connectivity index (χ0v) is 13.4. The Kier molecular flexibility index (Phi) is 3.62. The van der Waals surface area contributed by atoms with Crippen molar-refractivity contribution in [3.8, 4) is 0 Å². The van der Waals surface area contributed by atoms with Gasteiger partial charge < -0.3 is 15.4 Å². The predicted octanol–water partition coefficient (Wildman–Crippen LogP) is 2.33. The number of fused-ring (bicyclic) bond motifs is 1. The van der Waals surface area contributed by atoms with Gasteiger partial charge in [-0.1, -0.05) is 5.21 Å². The molecule has 1 aromatic heterocycles. The fourth-order valence-corrected chi connectivity index (χ4v) is 2.68. The second-order valence-electron chi connectivity index (χ2n) is 6.77. The van der Waals surface area contributed by atoms with E-state index in [0.29, 0.717) is 30.5 Å². The number of hydrogen-bond acceptors (Lipinski definition) is 5. The highest BCUT2D eigenvalue weighted by Crippen LogP contribution is 2.27. The Bertz CT molecular complexity index is 752. The molecule has 1 saturated heterocycles. The minimum atomic E-state index is -0.532. The second-order valence-corrected chi connectivity index (χ2v) is 6.77. The van der Waals surface area contributed by atoms with Crippen molar-refractivity contribution in [2.45, 2.75) is 38.8 Å². The van der Waals surface area contributed by atoms with Gasteiger partial charge in [0.05, 0.1) is 17.2 Å². The number of rotatable bonds is 1. The van der Waals surface area contributed by atoms with E-state index < -0.39 is 11.4 Å². The molecule has 1 aromatic carbocycles. The van der Waals surface area contributed by atoms with Gasteiger partial charge in [-0.05, 0) is 33.3 Å². The van der Waals surface area contributed by atoms with Gasteiger partial charge in [0.2, 0.25) is 0 Å². The molecule has 7 nitrogen and oxygen atoms in total. The van der Waals surface area contributed by atoms with Crippen molar-refractivity contribution >= 4 is 22.8 Å². The van der Waals surface area contributed by atoms with Crippen molar-refractivity contribution < 1.29 is 13.9 Å². The Hall–Kier alpha value is -2.38.